The Morgan fingerprint density at radius 1 is 1.00 bits per heavy atom. The molecule has 0 atom stereocenters. The summed E-state index contributed by atoms with van der Waals surface area (Å²) in [5.74, 6) is 1.66. The second kappa shape index (κ2) is 8.31. The number of hydrogen-bond acceptors (Lipinski definition) is 5. The zero-order chi connectivity index (χ0) is 20.6. The van der Waals surface area contributed by atoms with Crippen molar-refractivity contribution in [1.29, 1.82) is 0 Å². The Morgan fingerprint density at radius 3 is 2.20 bits per heavy atom. The van der Waals surface area contributed by atoms with Crippen LogP contribution >= 0.6 is 0 Å². The molecular weight excluding hydrogens is 380 g/mol. The molecular formula is C24H32N2O4. The van der Waals surface area contributed by atoms with E-state index in [-0.39, 0.29) is 23.9 Å². The Balaban J connectivity index is 1.10. The van der Waals surface area contributed by atoms with Gasteiger partial charge in [-0.15, -0.1) is 0 Å². The SMILES string of the molecule is O=C(COC(=O)C12CC3CC(CC(C3)C1)C2)Nc1ccc(CN2CCOCC2)cc1. The summed E-state index contributed by atoms with van der Waals surface area (Å²) < 4.78 is 10.9. The number of ether oxygens (including phenoxy) is 2. The highest BCUT2D eigenvalue weighted by molar-refractivity contribution is 5.93. The van der Waals surface area contributed by atoms with Crippen LogP contribution in [-0.2, 0) is 25.6 Å². The predicted octanol–water partition coefficient (Wildman–Crippen LogP) is 3.22. The maximum atomic E-state index is 12.9. The molecule has 1 heterocycles. The van der Waals surface area contributed by atoms with E-state index in [0.29, 0.717) is 17.8 Å². The highest BCUT2D eigenvalue weighted by atomic mass is 16.5. The summed E-state index contributed by atoms with van der Waals surface area (Å²) in [7, 11) is 0. The fourth-order valence-corrected chi connectivity index (χ4v) is 6.55. The first-order chi connectivity index (χ1) is 14.6. The van der Waals surface area contributed by atoms with Crippen molar-refractivity contribution in [2.24, 2.45) is 23.2 Å². The van der Waals surface area contributed by atoms with Gasteiger partial charge in [-0.1, -0.05) is 12.1 Å². The minimum Gasteiger partial charge on any atom is -0.455 e. The van der Waals surface area contributed by atoms with E-state index >= 15 is 0 Å². The van der Waals surface area contributed by atoms with Gasteiger partial charge in [0.1, 0.15) is 0 Å². The third-order valence-corrected chi connectivity index (χ3v) is 7.55. The predicted molar refractivity (Wildman–Crippen MR) is 113 cm³/mol. The molecule has 0 spiro atoms. The van der Waals surface area contributed by atoms with E-state index in [1.165, 1.54) is 24.8 Å². The van der Waals surface area contributed by atoms with Gasteiger partial charge >= 0.3 is 5.97 Å². The van der Waals surface area contributed by atoms with Crippen LogP contribution in [0.15, 0.2) is 24.3 Å². The zero-order valence-electron chi connectivity index (χ0n) is 17.6. The number of amides is 1. The molecule has 4 bridgehead atoms. The van der Waals surface area contributed by atoms with Crippen LogP contribution in [-0.4, -0.2) is 49.7 Å². The molecule has 5 aliphatic rings. The van der Waals surface area contributed by atoms with Gasteiger partial charge in [-0.2, -0.15) is 0 Å². The fourth-order valence-electron chi connectivity index (χ4n) is 6.55. The molecule has 6 nitrogen and oxygen atoms in total. The standard InChI is InChI=1S/C24H32N2O4/c27-22(25-21-3-1-17(2-4-21)15-26-5-7-29-8-6-26)16-30-23(28)24-12-18-9-19(13-24)11-20(10-18)14-24/h1-4,18-20H,5-16H2,(H,25,27). The fraction of sp³-hybridized carbons (Fsp3) is 0.667. The quantitative estimate of drug-likeness (QED) is 0.727. The minimum atomic E-state index is -0.309. The van der Waals surface area contributed by atoms with Gasteiger partial charge in [-0.25, -0.2) is 0 Å². The van der Waals surface area contributed by atoms with Gasteiger partial charge in [0.15, 0.2) is 6.61 Å². The van der Waals surface area contributed by atoms with E-state index in [9.17, 15) is 9.59 Å². The lowest BCUT2D eigenvalue weighted by molar-refractivity contribution is -0.172. The monoisotopic (exact) mass is 412 g/mol. The van der Waals surface area contributed by atoms with Crippen molar-refractivity contribution < 1.29 is 19.1 Å². The summed E-state index contributed by atoms with van der Waals surface area (Å²) in [5.41, 5.74) is 1.63. The molecule has 30 heavy (non-hydrogen) atoms. The summed E-state index contributed by atoms with van der Waals surface area (Å²) in [5, 5.41) is 2.85. The highest BCUT2D eigenvalue weighted by Gasteiger charge is 2.55. The molecule has 1 amide bonds. The Morgan fingerprint density at radius 2 is 1.60 bits per heavy atom. The van der Waals surface area contributed by atoms with Crippen LogP contribution < -0.4 is 5.32 Å². The molecule has 1 saturated heterocycles. The molecule has 0 radical (unpaired) electrons. The third-order valence-electron chi connectivity index (χ3n) is 7.55. The van der Waals surface area contributed by atoms with Crippen LogP contribution in [0.4, 0.5) is 5.69 Å². The molecule has 1 N–H and O–H groups in total. The molecule has 5 fully saturated rings. The van der Waals surface area contributed by atoms with Gasteiger partial charge < -0.3 is 14.8 Å². The normalized spacial score (nSPS) is 32.7. The van der Waals surface area contributed by atoms with E-state index in [1.807, 2.05) is 24.3 Å². The van der Waals surface area contributed by atoms with Crippen molar-refractivity contribution in [3.63, 3.8) is 0 Å². The number of anilines is 1. The number of rotatable bonds is 6. The average Bonchev–Trinajstić information content (AvgIpc) is 2.73. The lowest BCUT2D eigenvalue weighted by atomic mass is 9.49. The van der Waals surface area contributed by atoms with Crippen LogP contribution in [0.5, 0.6) is 0 Å². The molecule has 4 saturated carbocycles. The van der Waals surface area contributed by atoms with Crippen LogP contribution in [0.3, 0.4) is 0 Å². The van der Waals surface area contributed by atoms with Gasteiger partial charge in [0, 0.05) is 25.3 Å². The highest BCUT2D eigenvalue weighted by Crippen LogP contribution is 2.60. The number of esters is 1. The largest absolute Gasteiger partial charge is 0.455 e. The lowest BCUT2D eigenvalue weighted by Crippen LogP contribution is -2.50. The van der Waals surface area contributed by atoms with E-state index in [0.717, 1.165) is 57.8 Å². The number of hydrogen-bond donors (Lipinski definition) is 1. The second-order valence-electron chi connectivity index (χ2n) is 9.91. The van der Waals surface area contributed by atoms with Crippen molar-refractivity contribution in [2.45, 2.75) is 45.1 Å². The van der Waals surface area contributed by atoms with Gasteiger partial charge in [-0.3, -0.25) is 14.5 Å². The Bertz CT molecular complexity index is 750. The lowest BCUT2D eigenvalue weighted by Gasteiger charge is -2.55. The van der Waals surface area contributed by atoms with E-state index in [2.05, 4.69) is 10.2 Å². The van der Waals surface area contributed by atoms with Crippen LogP contribution in [0.1, 0.15) is 44.1 Å². The molecule has 162 valence electrons. The molecule has 0 unspecified atom stereocenters. The molecule has 1 aromatic rings. The number of benzene rings is 1. The second-order valence-corrected chi connectivity index (χ2v) is 9.91. The first kappa shape index (κ1) is 20.0. The Labute approximate surface area is 178 Å². The van der Waals surface area contributed by atoms with Crippen LogP contribution in [0.2, 0.25) is 0 Å². The Hall–Kier alpha value is -1.92. The molecule has 6 heteroatoms. The topological polar surface area (TPSA) is 67.9 Å². The summed E-state index contributed by atoms with van der Waals surface area (Å²) in [4.78, 5) is 27.6. The number of nitrogens with one attached hydrogen (secondary N) is 1. The zero-order valence-corrected chi connectivity index (χ0v) is 17.6. The van der Waals surface area contributed by atoms with Gasteiger partial charge in [-0.05, 0) is 74.0 Å². The van der Waals surface area contributed by atoms with E-state index in [4.69, 9.17) is 9.47 Å². The number of nitrogens with zero attached hydrogens (tertiary/aromatic N) is 1. The Kier molecular flexibility index (Phi) is 5.54. The van der Waals surface area contributed by atoms with Gasteiger partial charge in [0.05, 0.1) is 18.6 Å². The molecule has 1 aromatic carbocycles. The van der Waals surface area contributed by atoms with E-state index < -0.39 is 0 Å². The van der Waals surface area contributed by atoms with Crippen molar-refractivity contribution >= 4 is 17.6 Å². The van der Waals surface area contributed by atoms with Crippen LogP contribution in [0.25, 0.3) is 0 Å². The molecule has 6 rings (SSSR count). The van der Waals surface area contributed by atoms with Crippen molar-refractivity contribution in [2.75, 3.05) is 38.2 Å². The number of morpholine rings is 1. The molecule has 4 aliphatic carbocycles. The average molecular weight is 413 g/mol. The van der Waals surface area contributed by atoms with Gasteiger partial charge in [0.25, 0.3) is 5.91 Å². The third kappa shape index (κ3) is 4.26. The molecule has 0 aromatic heterocycles. The maximum absolute atomic E-state index is 12.9. The van der Waals surface area contributed by atoms with Gasteiger partial charge in [0.2, 0.25) is 0 Å². The summed E-state index contributed by atoms with van der Waals surface area (Å²) in [6.45, 7) is 4.17. The smallest absolute Gasteiger partial charge is 0.312 e. The summed E-state index contributed by atoms with van der Waals surface area (Å²) >= 11 is 0. The maximum Gasteiger partial charge on any atom is 0.312 e. The number of carbonyl (C=O) groups is 2. The van der Waals surface area contributed by atoms with Crippen LogP contribution in [0, 0.1) is 23.2 Å². The number of carbonyl (C=O) groups excluding carboxylic acids is 2. The van der Waals surface area contributed by atoms with Crippen molar-refractivity contribution in [1.82, 2.24) is 4.90 Å². The first-order valence-corrected chi connectivity index (χ1v) is 11.4. The summed E-state index contributed by atoms with van der Waals surface area (Å²) in [6.07, 6.45) is 6.75. The first-order valence-electron chi connectivity index (χ1n) is 11.4. The summed E-state index contributed by atoms with van der Waals surface area (Å²) in [6, 6.07) is 7.89. The van der Waals surface area contributed by atoms with Crippen molar-refractivity contribution in [3.05, 3.63) is 29.8 Å². The van der Waals surface area contributed by atoms with Crippen molar-refractivity contribution in [3.8, 4) is 0 Å². The van der Waals surface area contributed by atoms with E-state index in [1.54, 1.807) is 0 Å². The minimum absolute atomic E-state index is 0.141. The molecule has 1 aliphatic heterocycles.